The van der Waals surface area contributed by atoms with Crippen LogP contribution in [0.25, 0.3) is 0 Å². The summed E-state index contributed by atoms with van der Waals surface area (Å²) < 4.78 is 0. The second kappa shape index (κ2) is 9.97. The van der Waals surface area contributed by atoms with E-state index in [1.54, 1.807) is 12.1 Å². The molecule has 12 nitrogen and oxygen atoms in total. The van der Waals surface area contributed by atoms with Gasteiger partial charge in [-0.05, 0) is 37.1 Å². The Labute approximate surface area is 205 Å². The molecule has 35 heavy (non-hydrogen) atoms. The maximum absolute atomic E-state index is 9.59. The van der Waals surface area contributed by atoms with E-state index in [1.165, 1.54) is 0 Å². The average Bonchev–Trinajstić information content (AvgIpc) is 2.83. The molecule has 190 valence electrons. The summed E-state index contributed by atoms with van der Waals surface area (Å²) in [4.78, 5) is 23.2. The molecule has 0 amide bonds. The number of nitrogens with zero attached hydrogens (tertiary/aromatic N) is 7. The molecule has 1 aromatic carbocycles. The highest BCUT2D eigenvalue weighted by molar-refractivity contribution is 5.52. The average molecular weight is 484 g/mol. The van der Waals surface area contributed by atoms with Crippen molar-refractivity contribution in [3.63, 3.8) is 0 Å². The van der Waals surface area contributed by atoms with Crippen molar-refractivity contribution in [3.05, 3.63) is 24.3 Å². The lowest BCUT2D eigenvalue weighted by Gasteiger charge is -2.39. The van der Waals surface area contributed by atoms with Gasteiger partial charge in [-0.1, -0.05) is 0 Å². The molecule has 0 aliphatic carbocycles. The first kappa shape index (κ1) is 23.8. The predicted octanol–water partition coefficient (Wildman–Crippen LogP) is -1.37. The number of hydrogen-bond donors (Lipinski definition) is 5. The molecule has 0 spiro atoms. The number of aromatic hydroxyl groups is 1. The summed E-state index contributed by atoms with van der Waals surface area (Å²) in [7, 11) is 0. The Balaban J connectivity index is 1.39. The molecule has 3 fully saturated rings. The monoisotopic (exact) mass is 483 g/mol. The summed E-state index contributed by atoms with van der Waals surface area (Å²) in [5.74, 6) is 2.12. The zero-order valence-corrected chi connectivity index (χ0v) is 20.1. The molecule has 4 atom stereocenters. The Morgan fingerprint density at radius 3 is 1.37 bits per heavy atom. The van der Waals surface area contributed by atoms with Gasteiger partial charge in [0, 0.05) is 82.2 Å². The topological polar surface area (TPSA) is 176 Å². The van der Waals surface area contributed by atoms with Gasteiger partial charge in [0.1, 0.15) is 5.75 Å². The van der Waals surface area contributed by atoms with E-state index in [4.69, 9.17) is 37.9 Å². The van der Waals surface area contributed by atoms with E-state index in [2.05, 4.69) is 19.6 Å². The van der Waals surface area contributed by atoms with Gasteiger partial charge in [-0.15, -0.1) is 0 Å². The van der Waals surface area contributed by atoms with Crippen molar-refractivity contribution in [2.75, 3.05) is 72.0 Å². The lowest BCUT2D eigenvalue weighted by Crippen LogP contribution is -2.54. The Kier molecular flexibility index (Phi) is 6.78. The summed E-state index contributed by atoms with van der Waals surface area (Å²) >= 11 is 0. The molecular formula is C23H37N11O. The van der Waals surface area contributed by atoms with Gasteiger partial charge in [-0.3, -0.25) is 0 Å². The highest BCUT2D eigenvalue weighted by Crippen LogP contribution is 2.25. The number of hydrogen-bond acceptors (Lipinski definition) is 12. The van der Waals surface area contributed by atoms with Crippen LogP contribution in [0.15, 0.2) is 24.3 Å². The molecule has 3 saturated heterocycles. The third-order valence-corrected chi connectivity index (χ3v) is 6.97. The summed E-state index contributed by atoms with van der Waals surface area (Å²) in [6.45, 7) is 5.80. The predicted molar refractivity (Wildman–Crippen MR) is 138 cm³/mol. The van der Waals surface area contributed by atoms with E-state index in [9.17, 15) is 5.11 Å². The van der Waals surface area contributed by atoms with Crippen LogP contribution in [0.4, 0.5) is 23.5 Å². The molecule has 5 rings (SSSR count). The molecule has 3 aliphatic rings. The Morgan fingerprint density at radius 1 is 0.571 bits per heavy atom. The molecule has 9 N–H and O–H groups in total. The normalized spacial score (nSPS) is 27.9. The van der Waals surface area contributed by atoms with E-state index < -0.39 is 0 Å². The molecule has 4 heterocycles. The van der Waals surface area contributed by atoms with Crippen molar-refractivity contribution in [2.45, 2.75) is 37.0 Å². The van der Waals surface area contributed by atoms with Gasteiger partial charge in [-0.25, -0.2) is 0 Å². The zero-order chi connectivity index (χ0) is 24.5. The Morgan fingerprint density at radius 2 is 0.943 bits per heavy atom. The maximum atomic E-state index is 9.59. The van der Waals surface area contributed by atoms with Crippen molar-refractivity contribution >= 4 is 23.5 Å². The maximum Gasteiger partial charge on any atom is 0.232 e. The van der Waals surface area contributed by atoms with E-state index >= 15 is 0 Å². The van der Waals surface area contributed by atoms with Crippen molar-refractivity contribution in [3.8, 4) is 5.75 Å². The third-order valence-electron chi connectivity index (χ3n) is 6.97. The van der Waals surface area contributed by atoms with Crippen LogP contribution in [0.1, 0.15) is 12.8 Å². The minimum absolute atomic E-state index is 0.0203. The van der Waals surface area contributed by atoms with Gasteiger partial charge in [0.2, 0.25) is 17.8 Å². The second-order valence-corrected chi connectivity index (χ2v) is 10.0. The first-order chi connectivity index (χ1) is 16.8. The molecule has 0 saturated carbocycles. The van der Waals surface area contributed by atoms with E-state index in [-0.39, 0.29) is 29.9 Å². The summed E-state index contributed by atoms with van der Waals surface area (Å²) in [5.41, 5.74) is 26.1. The minimum atomic E-state index is -0.0203. The smallest absolute Gasteiger partial charge is 0.232 e. The largest absolute Gasteiger partial charge is 0.508 e. The second-order valence-electron chi connectivity index (χ2n) is 10.0. The molecule has 1 aromatic heterocycles. The molecule has 3 aliphatic heterocycles. The van der Waals surface area contributed by atoms with Crippen LogP contribution in [0.3, 0.4) is 0 Å². The first-order valence-electron chi connectivity index (χ1n) is 12.4. The fourth-order valence-corrected chi connectivity index (χ4v) is 5.28. The molecular weight excluding hydrogens is 446 g/mol. The number of phenolic OH excluding ortho intramolecular Hbond substituents is 1. The van der Waals surface area contributed by atoms with Gasteiger partial charge >= 0.3 is 0 Å². The fraction of sp³-hybridized carbons (Fsp3) is 0.609. The summed E-state index contributed by atoms with van der Waals surface area (Å²) in [6, 6.07) is 7.23. The van der Waals surface area contributed by atoms with Crippen molar-refractivity contribution in [2.24, 2.45) is 22.9 Å². The van der Waals surface area contributed by atoms with E-state index in [0.717, 1.165) is 44.7 Å². The Hall–Kier alpha value is -2.93. The first-order valence-corrected chi connectivity index (χ1v) is 12.4. The number of anilines is 4. The number of nitrogens with two attached hydrogens (primary N) is 4. The van der Waals surface area contributed by atoms with Crippen LogP contribution in [-0.4, -0.2) is 96.6 Å². The molecule has 2 aromatic rings. The number of piperazine rings is 1. The van der Waals surface area contributed by atoms with Crippen LogP contribution >= 0.6 is 0 Å². The van der Waals surface area contributed by atoms with Crippen molar-refractivity contribution in [1.82, 2.24) is 15.0 Å². The number of aromatic nitrogens is 3. The van der Waals surface area contributed by atoms with Gasteiger partial charge in [-0.2, -0.15) is 15.0 Å². The van der Waals surface area contributed by atoms with Gasteiger partial charge in [0.05, 0.1) is 0 Å². The van der Waals surface area contributed by atoms with Gasteiger partial charge in [0.25, 0.3) is 0 Å². The fourth-order valence-electron chi connectivity index (χ4n) is 5.28. The van der Waals surface area contributed by atoms with Gasteiger partial charge < -0.3 is 47.6 Å². The SMILES string of the molecule is NC1CC(N)CN(c2nc(N3CCN(c4ccc(O)cc4)CC3)nc(N3CC(N)CC(N)C3)n2)C1. The van der Waals surface area contributed by atoms with E-state index in [0.29, 0.717) is 44.0 Å². The van der Waals surface area contributed by atoms with Gasteiger partial charge in [0.15, 0.2) is 0 Å². The number of benzene rings is 1. The number of piperidine rings is 2. The standard InChI is InChI=1S/C23H37N11O/c24-15-9-16(25)12-33(11-15)22-28-21(29-23(30-22)34-13-17(26)10-18(27)14-34)32-7-5-31(6-8-32)19-1-3-20(35)4-2-19/h1-4,15-18,35H,5-14,24-27H2. The molecule has 12 heteroatoms. The molecule has 0 radical (unpaired) electrons. The lowest BCUT2D eigenvalue weighted by atomic mass is 10.0. The van der Waals surface area contributed by atoms with Crippen molar-refractivity contribution in [1.29, 1.82) is 0 Å². The quantitative estimate of drug-likeness (QED) is 0.345. The Bertz CT molecular complexity index is 933. The lowest BCUT2D eigenvalue weighted by molar-refractivity contribution is 0.440. The van der Waals surface area contributed by atoms with Crippen LogP contribution < -0.4 is 42.5 Å². The molecule has 0 bridgehead atoms. The van der Waals surface area contributed by atoms with Crippen LogP contribution in [-0.2, 0) is 0 Å². The highest BCUT2D eigenvalue weighted by atomic mass is 16.3. The third kappa shape index (κ3) is 5.50. The summed E-state index contributed by atoms with van der Waals surface area (Å²) in [6.07, 6.45) is 1.58. The highest BCUT2D eigenvalue weighted by Gasteiger charge is 2.30. The number of phenols is 1. The van der Waals surface area contributed by atoms with E-state index in [1.807, 2.05) is 12.1 Å². The van der Waals surface area contributed by atoms with Crippen LogP contribution in [0.2, 0.25) is 0 Å². The minimum Gasteiger partial charge on any atom is -0.508 e. The zero-order valence-electron chi connectivity index (χ0n) is 20.1. The molecule has 4 unspecified atom stereocenters. The van der Waals surface area contributed by atoms with Crippen LogP contribution in [0.5, 0.6) is 5.75 Å². The summed E-state index contributed by atoms with van der Waals surface area (Å²) in [5, 5.41) is 9.59. The number of rotatable bonds is 4. The van der Waals surface area contributed by atoms with Crippen LogP contribution in [0, 0.1) is 0 Å². The van der Waals surface area contributed by atoms with Crippen molar-refractivity contribution < 1.29 is 5.11 Å².